The maximum atomic E-state index is 13.3. The van der Waals surface area contributed by atoms with Crippen LogP contribution >= 0.6 is 0 Å². The lowest BCUT2D eigenvalue weighted by Crippen LogP contribution is -2.31. The third kappa shape index (κ3) is 13.9. The van der Waals surface area contributed by atoms with Crippen LogP contribution < -0.4 is 48.3 Å². The smallest absolute Gasteiger partial charge is 0.292 e. The van der Waals surface area contributed by atoms with Gasteiger partial charge in [-0.3, -0.25) is 38.4 Å². The molecule has 0 unspecified atom stereocenters. The number of nitrogens with zero attached hydrogens (tertiary/aromatic N) is 9. The quantitative estimate of drug-likeness (QED) is 0.0393. The van der Waals surface area contributed by atoms with Crippen molar-refractivity contribution in [1.82, 2.24) is 58.3 Å². The zero-order valence-corrected chi connectivity index (χ0v) is 40.9. The van der Waals surface area contributed by atoms with E-state index in [4.69, 9.17) is 5.73 Å². The first kappa shape index (κ1) is 52.6. The Hall–Kier alpha value is -8.81. The van der Waals surface area contributed by atoms with Crippen molar-refractivity contribution in [3.05, 3.63) is 96.1 Å². The number of nitrogens with two attached hydrogens (primary N) is 1. The van der Waals surface area contributed by atoms with E-state index in [0.717, 1.165) is 25.7 Å². The molecule has 0 aromatic carbocycles. The van der Waals surface area contributed by atoms with Crippen molar-refractivity contribution in [2.24, 2.45) is 48.0 Å². The maximum absolute atomic E-state index is 13.3. The predicted molar refractivity (Wildman–Crippen MR) is 265 cm³/mol. The summed E-state index contributed by atoms with van der Waals surface area (Å²) in [7, 11) is 9.77. The summed E-state index contributed by atoms with van der Waals surface area (Å²) in [5.41, 5.74) is 7.28. The van der Waals surface area contributed by atoms with Gasteiger partial charge in [0.1, 0.15) is 17.1 Å². The van der Waals surface area contributed by atoms with Crippen LogP contribution in [-0.4, -0.2) is 116 Å². The fourth-order valence-corrected chi connectivity index (χ4v) is 7.44. The van der Waals surface area contributed by atoms with Crippen LogP contribution in [0.4, 0.5) is 28.7 Å². The Kier molecular flexibility index (Phi) is 17.6. The average Bonchev–Trinajstić information content (AvgIpc) is 4.20. The molecule has 6 aromatic rings. The second-order valence-electron chi connectivity index (χ2n) is 16.9. The van der Waals surface area contributed by atoms with Crippen molar-refractivity contribution < 1.29 is 38.4 Å². The topological polar surface area (TPSA) is 327 Å². The van der Waals surface area contributed by atoms with Gasteiger partial charge in [0, 0.05) is 118 Å². The Labute approximate surface area is 413 Å². The first-order valence-electron chi connectivity index (χ1n) is 23.0. The number of nitrogens with one attached hydrogen (secondary N) is 8. The van der Waals surface area contributed by atoms with Crippen molar-refractivity contribution in [2.75, 3.05) is 52.8 Å². The molecule has 0 bridgehead atoms. The molecule has 0 fully saturated rings. The van der Waals surface area contributed by atoms with Crippen molar-refractivity contribution >= 4 is 76.0 Å². The molecule has 6 rings (SSSR count). The monoisotopic (exact) mass is 992 g/mol. The lowest BCUT2D eigenvalue weighted by atomic mass is 10.2. The van der Waals surface area contributed by atoms with Crippen LogP contribution in [0.3, 0.4) is 0 Å². The molecule has 0 spiro atoms. The van der Waals surface area contributed by atoms with Gasteiger partial charge in [0.25, 0.3) is 35.4 Å². The molecule has 0 radical (unpaired) electrons. The SMILES string of the molecule is Cn1cc(NC(=O)c2cc(NC(=O)c3cc(NC(=O)CCCNC(=O)c4nc(NC(=O)c5nc(NC(=O)c6nccn6C)cn5C)cn4C)cn3C)cn2C)cc1C(=O)NCCC(=O)NCCCCCCN. The molecular weight excluding hydrogens is 933 g/mol. The molecule has 26 nitrogen and oxygen atoms in total. The van der Waals surface area contributed by atoms with Crippen LogP contribution in [0.25, 0.3) is 0 Å². The van der Waals surface area contributed by atoms with E-state index in [9.17, 15) is 38.4 Å². The van der Waals surface area contributed by atoms with Gasteiger partial charge in [0.05, 0.1) is 17.1 Å². The zero-order valence-electron chi connectivity index (χ0n) is 40.9. The molecule has 6 aromatic heterocycles. The van der Waals surface area contributed by atoms with E-state index in [1.807, 2.05) is 0 Å². The lowest BCUT2D eigenvalue weighted by Gasteiger charge is -2.07. The third-order valence-corrected chi connectivity index (χ3v) is 11.1. The summed E-state index contributed by atoms with van der Waals surface area (Å²) in [4.78, 5) is 115. The number of rotatable bonds is 24. The molecule has 0 atom stereocenters. The standard InChI is InChI=1S/C46H60N18O8/c1-59-19-18-49-38(59)45(71)57-35-27-64(6)40(56-35)46(72)58-34-26-63(5)39(55-34)44(70)50-16-11-12-37(66)52-28-20-32(61(3)23-28)42(68)54-30-22-33(62(4)25-30)43(69)53-29-21-31(60(2)24-29)41(67)51-17-13-36(65)48-15-10-8-7-9-14-47/h18-27H,7-17,47H2,1-6H3,(H,48,65)(H,50,70)(H,51,67)(H,52,66)(H,53,69)(H,54,68)(H,57,71)(H,58,72). The van der Waals surface area contributed by atoms with Crippen LogP contribution in [0.5, 0.6) is 0 Å². The van der Waals surface area contributed by atoms with Crippen LogP contribution in [-0.2, 0) is 51.9 Å². The van der Waals surface area contributed by atoms with Gasteiger partial charge < -0.3 is 75.7 Å². The van der Waals surface area contributed by atoms with Gasteiger partial charge >= 0.3 is 0 Å². The minimum Gasteiger partial charge on any atom is -0.356 e. The van der Waals surface area contributed by atoms with Crippen LogP contribution in [0.1, 0.15) is 108 Å². The van der Waals surface area contributed by atoms with E-state index in [-0.39, 0.29) is 90.4 Å². The highest BCUT2D eigenvalue weighted by molar-refractivity contribution is 6.08. The number of carbonyl (C=O) groups excluding carboxylic acids is 8. The molecule has 6 heterocycles. The van der Waals surface area contributed by atoms with Crippen molar-refractivity contribution in [1.29, 1.82) is 0 Å². The molecule has 0 saturated carbocycles. The van der Waals surface area contributed by atoms with Crippen LogP contribution in [0.15, 0.2) is 61.6 Å². The second kappa shape index (κ2) is 24.2. The van der Waals surface area contributed by atoms with E-state index in [1.165, 1.54) is 59.6 Å². The summed E-state index contributed by atoms with van der Waals surface area (Å²) in [6.07, 6.45) is 15.0. The van der Waals surface area contributed by atoms with E-state index >= 15 is 0 Å². The average molecular weight is 993 g/mol. The summed E-state index contributed by atoms with van der Waals surface area (Å²) in [6.45, 7) is 1.50. The molecule has 382 valence electrons. The summed E-state index contributed by atoms with van der Waals surface area (Å²) in [6, 6.07) is 4.52. The largest absolute Gasteiger partial charge is 0.356 e. The summed E-state index contributed by atoms with van der Waals surface area (Å²) >= 11 is 0. The minimum absolute atomic E-state index is 0.00330. The molecule has 10 N–H and O–H groups in total. The van der Waals surface area contributed by atoms with Crippen molar-refractivity contribution in [3.8, 4) is 0 Å². The molecule has 26 heteroatoms. The number of hydrogen-bond acceptors (Lipinski definition) is 12. The second-order valence-corrected chi connectivity index (χ2v) is 16.9. The molecule has 0 aliphatic rings. The number of imidazole rings is 3. The molecule has 0 saturated heterocycles. The number of aryl methyl sites for hydroxylation is 6. The van der Waals surface area contributed by atoms with Gasteiger partial charge in [-0.25, -0.2) is 15.0 Å². The van der Waals surface area contributed by atoms with Gasteiger partial charge in [0.2, 0.25) is 23.5 Å². The Bertz CT molecular complexity index is 2960. The first-order valence-corrected chi connectivity index (χ1v) is 23.0. The van der Waals surface area contributed by atoms with Gasteiger partial charge in [-0.1, -0.05) is 12.8 Å². The number of unbranched alkanes of at least 4 members (excludes halogenated alkanes) is 3. The first-order chi connectivity index (χ1) is 34.4. The molecule has 0 aliphatic heterocycles. The van der Waals surface area contributed by atoms with E-state index in [1.54, 1.807) is 71.6 Å². The number of amides is 8. The Morgan fingerprint density at radius 1 is 0.444 bits per heavy atom. The molecule has 0 aliphatic carbocycles. The molecule has 72 heavy (non-hydrogen) atoms. The highest BCUT2D eigenvalue weighted by Gasteiger charge is 2.22. The number of aromatic nitrogens is 9. The van der Waals surface area contributed by atoms with Gasteiger partial charge in [-0.15, -0.1) is 0 Å². The van der Waals surface area contributed by atoms with E-state index < -0.39 is 35.4 Å². The van der Waals surface area contributed by atoms with E-state index in [0.29, 0.717) is 30.2 Å². The third-order valence-electron chi connectivity index (χ3n) is 11.1. The van der Waals surface area contributed by atoms with Crippen LogP contribution in [0, 0.1) is 0 Å². The van der Waals surface area contributed by atoms with Crippen molar-refractivity contribution in [2.45, 2.75) is 44.9 Å². The normalized spacial score (nSPS) is 10.9. The number of anilines is 5. The highest BCUT2D eigenvalue weighted by Crippen LogP contribution is 2.20. The summed E-state index contributed by atoms with van der Waals surface area (Å²) in [5.74, 6) is -3.23. The Balaban J connectivity index is 0.909. The fraction of sp³-hybridized carbons (Fsp3) is 0.370. The van der Waals surface area contributed by atoms with Gasteiger partial charge in [-0.2, -0.15) is 0 Å². The summed E-state index contributed by atoms with van der Waals surface area (Å²) in [5, 5.41) is 21.8. The van der Waals surface area contributed by atoms with Crippen molar-refractivity contribution in [3.63, 3.8) is 0 Å². The number of hydrogen-bond donors (Lipinski definition) is 9. The fourth-order valence-electron chi connectivity index (χ4n) is 7.44. The minimum atomic E-state index is -0.633. The molecular formula is C46H60N18O8. The van der Waals surface area contributed by atoms with Gasteiger partial charge in [0.15, 0.2) is 17.5 Å². The predicted octanol–water partition coefficient (Wildman–Crippen LogP) is 1.82. The zero-order chi connectivity index (χ0) is 52.1. The Morgan fingerprint density at radius 3 is 1.47 bits per heavy atom. The van der Waals surface area contributed by atoms with E-state index in [2.05, 4.69) is 57.5 Å². The lowest BCUT2D eigenvalue weighted by molar-refractivity contribution is -0.121. The Morgan fingerprint density at radius 2 is 0.931 bits per heavy atom. The number of carbonyl (C=O) groups is 8. The summed E-state index contributed by atoms with van der Waals surface area (Å²) < 4.78 is 9.03. The highest BCUT2D eigenvalue weighted by atomic mass is 16.2. The van der Waals surface area contributed by atoms with Gasteiger partial charge in [-0.05, 0) is 44.0 Å². The maximum Gasteiger partial charge on any atom is 0.292 e. The molecule has 8 amide bonds. The van der Waals surface area contributed by atoms with Crippen LogP contribution in [0.2, 0.25) is 0 Å².